The van der Waals surface area contributed by atoms with Crippen molar-refractivity contribution >= 4 is 67.9 Å². The maximum Gasteiger partial charge on any atom is 0.333 e. The number of urea groups is 1. The third-order valence-corrected chi connectivity index (χ3v) is 8.11. The van der Waals surface area contributed by atoms with Gasteiger partial charge in [-0.25, -0.2) is 22.8 Å². The van der Waals surface area contributed by atoms with Crippen LogP contribution in [-0.4, -0.2) is 40.4 Å². The van der Waals surface area contributed by atoms with Gasteiger partial charge in [0.25, 0.3) is 15.9 Å². The van der Waals surface area contributed by atoms with Crippen molar-refractivity contribution in [3.8, 4) is 0 Å². The van der Waals surface area contributed by atoms with E-state index in [4.69, 9.17) is 11.6 Å². The number of anilines is 3. The lowest BCUT2D eigenvalue weighted by Crippen LogP contribution is -2.42. The zero-order valence-electron chi connectivity index (χ0n) is 18.0. The normalized spacial score (nSPS) is 13.4. The molecule has 0 aliphatic carbocycles. The molecule has 2 heterocycles. The molecule has 12 heteroatoms. The van der Waals surface area contributed by atoms with Crippen molar-refractivity contribution in [1.29, 1.82) is 0 Å². The van der Waals surface area contributed by atoms with Crippen molar-refractivity contribution in [2.45, 2.75) is 10.6 Å². The van der Waals surface area contributed by atoms with Crippen molar-refractivity contribution in [2.75, 3.05) is 29.2 Å². The Labute approximate surface area is 205 Å². The minimum Gasteiger partial charge on any atom is -0.378 e. The van der Waals surface area contributed by atoms with Gasteiger partial charge in [0.1, 0.15) is 4.21 Å². The van der Waals surface area contributed by atoms with Crippen LogP contribution in [0.25, 0.3) is 0 Å². The topological polar surface area (TPSA) is 116 Å². The largest absolute Gasteiger partial charge is 0.378 e. The first-order valence-corrected chi connectivity index (χ1v) is 12.6. The van der Waals surface area contributed by atoms with E-state index in [0.717, 1.165) is 21.9 Å². The molecule has 0 unspecified atom stereocenters. The molecule has 1 aliphatic heterocycles. The van der Waals surface area contributed by atoms with Crippen LogP contribution in [0.15, 0.2) is 58.8 Å². The fraction of sp³-hybridized carbons (Fsp3) is 0.136. The molecular weight excluding hydrogens is 500 g/mol. The highest BCUT2D eigenvalue weighted by Gasteiger charge is 2.32. The Morgan fingerprint density at radius 3 is 2.38 bits per heavy atom. The van der Waals surface area contributed by atoms with Gasteiger partial charge in [0.15, 0.2) is 0 Å². The molecule has 0 saturated heterocycles. The maximum absolute atomic E-state index is 13.0. The molecule has 0 fully saturated rings. The minimum atomic E-state index is -4.06. The molecule has 0 saturated carbocycles. The van der Waals surface area contributed by atoms with Crippen molar-refractivity contribution in [3.05, 3.63) is 70.1 Å². The molecule has 1 aliphatic rings. The number of carbonyl (C=O) groups excluding carboxylic acids is 3. The van der Waals surface area contributed by atoms with Crippen molar-refractivity contribution < 1.29 is 22.8 Å². The van der Waals surface area contributed by atoms with Crippen LogP contribution in [0.4, 0.5) is 21.9 Å². The quantitative estimate of drug-likeness (QED) is 0.497. The molecule has 0 spiro atoms. The number of carbonyl (C=O) groups is 3. The van der Waals surface area contributed by atoms with E-state index in [1.807, 2.05) is 35.9 Å². The number of sulfonamides is 1. The molecule has 3 aromatic rings. The highest BCUT2D eigenvalue weighted by Crippen LogP contribution is 2.29. The molecule has 1 aromatic heterocycles. The molecule has 2 N–H and O–H groups in total. The second-order valence-electron chi connectivity index (χ2n) is 7.61. The summed E-state index contributed by atoms with van der Waals surface area (Å²) < 4.78 is 26.6. The summed E-state index contributed by atoms with van der Waals surface area (Å²) in [4.78, 5) is 40.9. The Morgan fingerprint density at radius 1 is 1.06 bits per heavy atom. The Hall–Kier alpha value is -3.41. The first-order chi connectivity index (χ1) is 16.0. The van der Waals surface area contributed by atoms with E-state index in [0.29, 0.717) is 16.8 Å². The first-order valence-electron chi connectivity index (χ1n) is 9.92. The second kappa shape index (κ2) is 9.09. The van der Waals surface area contributed by atoms with Gasteiger partial charge < -0.3 is 10.2 Å². The summed E-state index contributed by atoms with van der Waals surface area (Å²) in [6.07, 6.45) is 0.0791. The van der Waals surface area contributed by atoms with Crippen LogP contribution >= 0.6 is 22.9 Å². The maximum atomic E-state index is 13.0. The van der Waals surface area contributed by atoms with Crippen LogP contribution in [0.5, 0.6) is 0 Å². The number of hydrogen-bond acceptors (Lipinski definition) is 7. The lowest BCUT2D eigenvalue weighted by molar-refractivity contribution is -0.117. The number of hydrogen-bond donors (Lipinski definition) is 2. The van der Waals surface area contributed by atoms with Crippen LogP contribution in [0.3, 0.4) is 0 Å². The molecule has 4 rings (SSSR count). The Balaban J connectivity index is 1.47. The van der Waals surface area contributed by atoms with Gasteiger partial charge in [-0.05, 0) is 60.2 Å². The number of rotatable bonds is 5. The van der Waals surface area contributed by atoms with Crippen LogP contribution in [-0.2, 0) is 21.2 Å². The van der Waals surface area contributed by atoms with Gasteiger partial charge in [-0.15, -0.1) is 11.3 Å². The highest BCUT2D eigenvalue weighted by molar-refractivity contribution is 7.92. The summed E-state index contributed by atoms with van der Waals surface area (Å²) in [7, 11) is -0.307. The standard InChI is InChI=1S/C22H19ClN4O5S2/c1-26(2)16-7-8-17-13(11-16)12-19(28)27(21(17)29)15-5-3-14(4-6-15)24-22(30)25-34(31,32)20-10-9-18(23)33-20/h3-11H,12H2,1-2H3,(H2,24,25,30). The van der Waals surface area contributed by atoms with E-state index in [9.17, 15) is 22.8 Å². The third-order valence-electron chi connectivity index (χ3n) is 5.05. The summed E-state index contributed by atoms with van der Waals surface area (Å²) in [6.45, 7) is 0. The minimum absolute atomic E-state index is 0.0791. The smallest absolute Gasteiger partial charge is 0.333 e. The van der Waals surface area contributed by atoms with Crippen LogP contribution < -0.4 is 19.8 Å². The zero-order valence-corrected chi connectivity index (χ0v) is 20.4. The van der Waals surface area contributed by atoms with Crippen molar-refractivity contribution in [3.63, 3.8) is 0 Å². The average Bonchev–Trinajstić information content (AvgIpc) is 3.21. The van der Waals surface area contributed by atoms with Gasteiger partial charge in [-0.3, -0.25) is 9.59 Å². The number of imide groups is 1. The molecule has 4 amide bonds. The van der Waals surface area contributed by atoms with Crippen LogP contribution in [0.2, 0.25) is 4.34 Å². The molecule has 0 bridgehead atoms. The molecule has 0 radical (unpaired) electrons. The fourth-order valence-electron chi connectivity index (χ4n) is 3.42. The Kier molecular flexibility index (Phi) is 6.34. The summed E-state index contributed by atoms with van der Waals surface area (Å²) >= 11 is 6.57. The zero-order chi connectivity index (χ0) is 24.6. The molecule has 176 valence electrons. The number of benzene rings is 2. The number of thiophene rings is 1. The van der Waals surface area contributed by atoms with Crippen LogP contribution in [0.1, 0.15) is 15.9 Å². The monoisotopic (exact) mass is 518 g/mol. The SMILES string of the molecule is CN(C)c1ccc2c(c1)CC(=O)N(c1ccc(NC(=O)NS(=O)(=O)c3ccc(Cl)s3)cc1)C2=O. The number of fused-ring (bicyclic) bond motifs is 1. The van der Waals surface area contributed by atoms with Crippen molar-refractivity contribution in [1.82, 2.24) is 4.72 Å². The van der Waals surface area contributed by atoms with E-state index in [1.54, 1.807) is 6.07 Å². The van der Waals surface area contributed by atoms with Gasteiger partial charge in [0.05, 0.1) is 16.4 Å². The fourth-order valence-corrected chi connectivity index (χ4v) is 5.81. The number of nitrogens with one attached hydrogen (secondary N) is 2. The summed E-state index contributed by atoms with van der Waals surface area (Å²) in [5, 5.41) is 2.41. The molecule has 9 nitrogen and oxygen atoms in total. The van der Waals surface area contributed by atoms with Gasteiger partial charge in [0, 0.05) is 31.0 Å². The number of amides is 4. The molecule has 0 atom stereocenters. The Bertz CT molecular complexity index is 1400. The summed E-state index contributed by atoms with van der Waals surface area (Å²) in [6, 6.07) is 13.0. The average molecular weight is 519 g/mol. The van der Waals surface area contributed by atoms with E-state index >= 15 is 0 Å². The van der Waals surface area contributed by atoms with E-state index in [1.165, 1.54) is 36.4 Å². The molecule has 2 aromatic carbocycles. The van der Waals surface area contributed by atoms with Gasteiger partial charge in [-0.1, -0.05) is 11.6 Å². The number of nitrogens with zero attached hydrogens (tertiary/aromatic N) is 2. The van der Waals surface area contributed by atoms with Crippen molar-refractivity contribution in [2.24, 2.45) is 0 Å². The predicted octanol–water partition coefficient (Wildman–Crippen LogP) is 3.71. The van der Waals surface area contributed by atoms with Gasteiger partial charge in [-0.2, -0.15) is 0 Å². The summed E-state index contributed by atoms with van der Waals surface area (Å²) in [5.41, 5.74) is 2.62. The Morgan fingerprint density at radius 2 is 1.76 bits per heavy atom. The van der Waals surface area contributed by atoms with E-state index in [-0.39, 0.29) is 26.6 Å². The van der Waals surface area contributed by atoms with Gasteiger partial charge in [0.2, 0.25) is 5.91 Å². The number of halogens is 1. The molecule has 34 heavy (non-hydrogen) atoms. The predicted molar refractivity (Wildman–Crippen MR) is 131 cm³/mol. The molecular formula is C22H19ClN4O5S2. The summed E-state index contributed by atoms with van der Waals surface area (Å²) in [5.74, 6) is -0.803. The van der Waals surface area contributed by atoms with Crippen LogP contribution in [0, 0.1) is 0 Å². The van der Waals surface area contributed by atoms with E-state index in [2.05, 4.69) is 5.32 Å². The lowest BCUT2D eigenvalue weighted by Gasteiger charge is -2.28. The first kappa shape index (κ1) is 23.7. The third kappa shape index (κ3) is 4.76. The highest BCUT2D eigenvalue weighted by atomic mass is 35.5. The van der Waals surface area contributed by atoms with Gasteiger partial charge >= 0.3 is 6.03 Å². The second-order valence-corrected chi connectivity index (χ2v) is 11.2. The lowest BCUT2D eigenvalue weighted by atomic mass is 9.97. The van der Waals surface area contributed by atoms with E-state index < -0.39 is 22.0 Å².